The first-order valence-corrected chi connectivity index (χ1v) is 5.94. The van der Waals surface area contributed by atoms with Crippen molar-refractivity contribution in [2.24, 2.45) is 5.73 Å². The Balaban J connectivity index is 2.81. The molecule has 0 aromatic carbocycles. The zero-order valence-corrected chi connectivity index (χ0v) is 11.1. The Morgan fingerprint density at radius 1 is 1.40 bits per heavy atom. The van der Waals surface area contributed by atoms with Gasteiger partial charge < -0.3 is 15.4 Å². The molecular formula is C12H17F3N4O. The van der Waals surface area contributed by atoms with Crippen molar-refractivity contribution in [1.82, 2.24) is 4.98 Å². The van der Waals surface area contributed by atoms with E-state index in [0.29, 0.717) is 31.9 Å². The van der Waals surface area contributed by atoms with E-state index < -0.39 is 11.7 Å². The Kier molecular flexibility index (Phi) is 5.75. The van der Waals surface area contributed by atoms with Crippen LogP contribution in [-0.2, 0) is 10.9 Å². The van der Waals surface area contributed by atoms with E-state index >= 15 is 0 Å². The van der Waals surface area contributed by atoms with E-state index in [9.17, 15) is 13.2 Å². The summed E-state index contributed by atoms with van der Waals surface area (Å²) in [7, 11) is 1.53. The molecule has 0 saturated carbocycles. The lowest BCUT2D eigenvalue weighted by Crippen LogP contribution is -2.31. The minimum atomic E-state index is -4.40. The van der Waals surface area contributed by atoms with Gasteiger partial charge in [-0.2, -0.15) is 13.2 Å². The Bertz CT molecular complexity index is 433. The first kappa shape index (κ1) is 16.2. The van der Waals surface area contributed by atoms with Crippen LogP contribution in [0.5, 0.6) is 0 Å². The van der Waals surface area contributed by atoms with Gasteiger partial charge in [-0.3, -0.25) is 5.41 Å². The molecule has 20 heavy (non-hydrogen) atoms. The molecule has 0 saturated heterocycles. The number of amidine groups is 1. The normalized spacial score (nSPS) is 11.4. The van der Waals surface area contributed by atoms with Gasteiger partial charge in [-0.15, -0.1) is 0 Å². The number of anilines is 1. The Hall–Kier alpha value is -1.83. The number of hydrogen-bond acceptors (Lipinski definition) is 4. The van der Waals surface area contributed by atoms with E-state index in [0.717, 1.165) is 12.3 Å². The second kappa shape index (κ2) is 7.09. The van der Waals surface area contributed by atoms with E-state index in [1.165, 1.54) is 13.2 Å². The van der Waals surface area contributed by atoms with Crippen molar-refractivity contribution in [2.45, 2.75) is 12.6 Å². The van der Waals surface area contributed by atoms with Crippen LogP contribution in [0.15, 0.2) is 18.3 Å². The quantitative estimate of drug-likeness (QED) is 0.594. The fourth-order valence-corrected chi connectivity index (χ4v) is 1.54. The summed E-state index contributed by atoms with van der Waals surface area (Å²) < 4.78 is 42.3. The molecule has 0 radical (unpaired) electrons. The summed E-state index contributed by atoms with van der Waals surface area (Å²) in [6.07, 6.45) is -3.29. The molecule has 0 fully saturated rings. The molecule has 0 aliphatic carbocycles. The maximum Gasteiger partial charge on any atom is 0.417 e. The van der Waals surface area contributed by atoms with Gasteiger partial charge in [0.05, 0.1) is 18.0 Å². The predicted octanol–water partition coefficient (Wildman–Crippen LogP) is 1.88. The molecule has 0 unspecified atom stereocenters. The van der Waals surface area contributed by atoms with Crippen molar-refractivity contribution in [3.63, 3.8) is 0 Å². The summed E-state index contributed by atoms with van der Waals surface area (Å²) >= 11 is 0. The van der Waals surface area contributed by atoms with Crippen LogP contribution in [0.2, 0.25) is 0 Å². The van der Waals surface area contributed by atoms with Crippen molar-refractivity contribution >= 4 is 11.7 Å². The predicted molar refractivity (Wildman–Crippen MR) is 69.9 cm³/mol. The third kappa shape index (κ3) is 5.04. The van der Waals surface area contributed by atoms with Crippen molar-refractivity contribution in [2.75, 3.05) is 31.7 Å². The standard InChI is InChI=1S/C12H17F3N4O/c1-20-7-6-19(5-4-10(16)17)11-3-2-9(8-18-11)12(13,14)15/h2-3,8H,4-7H2,1H3,(H3,16,17). The van der Waals surface area contributed by atoms with Gasteiger partial charge in [0.15, 0.2) is 0 Å². The number of halogens is 3. The third-order valence-electron chi connectivity index (χ3n) is 2.62. The molecule has 0 atom stereocenters. The Morgan fingerprint density at radius 3 is 2.55 bits per heavy atom. The minimum Gasteiger partial charge on any atom is -0.388 e. The minimum absolute atomic E-state index is 0.0133. The first-order valence-electron chi connectivity index (χ1n) is 5.94. The molecule has 0 amide bonds. The smallest absolute Gasteiger partial charge is 0.388 e. The van der Waals surface area contributed by atoms with E-state index in [2.05, 4.69) is 4.98 Å². The van der Waals surface area contributed by atoms with Crippen molar-refractivity contribution in [3.05, 3.63) is 23.9 Å². The molecule has 1 heterocycles. The second-order valence-electron chi connectivity index (χ2n) is 4.16. The number of nitrogens with zero attached hydrogens (tertiary/aromatic N) is 2. The van der Waals surface area contributed by atoms with E-state index in [1.807, 2.05) is 0 Å². The summed E-state index contributed by atoms with van der Waals surface area (Å²) in [4.78, 5) is 5.54. The van der Waals surface area contributed by atoms with Gasteiger partial charge in [0.1, 0.15) is 5.82 Å². The first-order chi connectivity index (χ1) is 9.34. The average molecular weight is 290 g/mol. The second-order valence-corrected chi connectivity index (χ2v) is 4.16. The summed E-state index contributed by atoms with van der Waals surface area (Å²) in [6, 6.07) is 2.29. The van der Waals surface area contributed by atoms with Crippen molar-refractivity contribution in [1.29, 1.82) is 5.41 Å². The van der Waals surface area contributed by atoms with Crippen LogP contribution in [0.1, 0.15) is 12.0 Å². The molecular weight excluding hydrogens is 273 g/mol. The lowest BCUT2D eigenvalue weighted by atomic mass is 10.2. The molecule has 0 aliphatic heterocycles. The number of pyridine rings is 1. The number of nitrogens with one attached hydrogen (secondary N) is 1. The van der Waals surface area contributed by atoms with Gasteiger partial charge in [0.2, 0.25) is 0 Å². The number of hydrogen-bond donors (Lipinski definition) is 2. The lowest BCUT2D eigenvalue weighted by molar-refractivity contribution is -0.137. The number of aromatic nitrogens is 1. The maximum atomic E-state index is 12.5. The topological polar surface area (TPSA) is 75.2 Å². The van der Waals surface area contributed by atoms with Crippen LogP contribution in [-0.4, -0.2) is 37.6 Å². The summed E-state index contributed by atoms with van der Waals surface area (Å²) in [5.74, 6) is 0.413. The molecule has 0 aliphatic rings. The van der Waals surface area contributed by atoms with Crippen molar-refractivity contribution < 1.29 is 17.9 Å². The molecule has 5 nitrogen and oxygen atoms in total. The van der Waals surface area contributed by atoms with Crippen LogP contribution < -0.4 is 10.6 Å². The lowest BCUT2D eigenvalue weighted by Gasteiger charge is -2.23. The molecule has 1 rings (SSSR count). The zero-order valence-electron chi connectivity index (χ0n) is 11.1. The van der Waals surface area contributed by atoms with Gasteiger partial charge in [-0.05, 0) is 12.1 Å². The SMILES string of the molecule is COCCN(CCC(=N)N)c1ccc(C(F)(F)F)cn1. The molecule has 0 spiro atoms. The summed E-state index contributed by atoms with van der Waals surface area (Å²) in [5, 5.41) is 7.19. The molecule has 3 N–H and O–H groups in total. The number of nitrogens with two attached hydrogens (primary N) is 1. The van der Waals surface area contributed by atoms with E-state index in [1.54, 1.807) is 4.90 Å². The van der Waals surface area contributed by atoms with Crippen LogP contribution in [0.4, 0.5) is 19.0 Å². The van der Waals surface area contributed by atoms with Crippen LogP contribution >= 0.6 is 0 Å². The fourth-order valence-electron chi connectivity index (χ4n) is 1.54. The monoisotopic (exact) mass is 290 g/mol. The molecule has 112 valence electrons. The Labute approximate surface area is 115 Å². The van der Waals surface area contributed by atoms with Crippen LogP contribution in [0.3, 0.4) is 0 Å². The average Bonchev–Trinajstić information content (AvgIpc) is 2.38. The van der Waals surface area contributed by atoms with E-state index in [4.69, 9.17) is 15.9 Å². The largest absolute Gasteiger partial charge is 0.417 e. The highest BCUT2D eigenvalue weighted by molar-refractivity contribution is 5.77. The molecule has 0 bridgehead atoms. The highest BCUT2D eigenvalue weighted by Crippen LogP contribution is 2.29. The fraction of sp³-hybridized carbons (Fsp3) is 0.500. The van der Waals surface area contributed by atoms with Gasteiger partial charge in [0, 0.05) is 32.8 Å². The maximum absolute atomic E-state index is 12.5. The third-order valence-corrected chi connectivity index (χ3v) is 2.62. The number of alkyl halides is 3. The van der Waals surface area contributed by atoms with Gasteiger partial charge in [0.25, 0.3) is 0 Å². The van der Waals surface area contributed by atoms with Crippen LogP contribution in [0.25, 0.3) is 0 Å². The highest BCUT2D eigenvalue weighted by atomic mass is 19.4. The van der Waals surface area contributed by atoms with Crippen LogP contribution in [0, 0.1) is 5.41 Å². The number of ether oxygens (including phenoxy) is 1. The molecule has 8 heteroatoms. The van der Waals surface area contributed by atoms with E-state index in [-0.39, 0.29) is 5.84 Å². The number of rotatable bonds is 7. The summed E-state index contributed by atoms with van der Waals surface area (Å²) in [6.45, 7) is 1.26. The highest BCUT2D eigenvalue weighted by Gasteiger charge is 2.30. The van der Waals surface area contributed by atoms with Crippen molar-refractivity contribution in [3.8, 4) is 0 Å². The number of methoxy groups -OCH3 is 1. The molecule has 1 aromatic heterocycles. The molecule has 1 aromatic rings. The van der Waals surface area contributed by atoms with Gasteiger partial charge >= 0.3 is 6.18 Å². The summed E-state index contributed by atoms with van der Waals surface area (Å²) in [5.41, 5.74) is 4.49. The van der Waals surface area contributed by atoms with Gasteiger partial charge in [-0.25, -0.2) is 4.98 Å². The Morgan fingerprint density at radius 2 is 2.10 bits per heavy atom. The zero-order chi connectivity index (χ0) is 15.2. The van der Waals surface area contributed by atoms with Gasteiger partial charge in [-0.1, -0.05) is 0 Å².